The highest BCUT2D eigenvalue weighted by Crippen LogP contribution is 2.56. The number of fused-ring (bicyclic) bond motifs is 10. The summed E-state index contributed by atoms with van der Waals surface area (Å²) in [5.74, 6) is -0.781. The first-order valence-corrected chi connectivity index (χ1v) is 33.9. The summed E-state index contributed by atoms with van der Waals surface area (Å²) in [5.41, 5.74) is 6.55. The third-order valence-corrected chi connectivity index (χ3v) is 20.0. The molecule has 0 saturated carbocycles. The number of hydrogen-bond donors (Lipinski definition) is 0. The van der Waals surface area contributed by atoms with Crippen molar-refractivity contribution in [3.8, 4) is 55.9 Å². The monoisotopic (exact) mass is 1300 g/mol. The van der Waals surface area contributed by atoms with Crippen LogP contribution < -0.4 is 26.2 Å². The normalized spacial score (nSPS) is 16.3. The summed E-state index contributed by atoms with van der Waals surface area (Å²) in [7, 11) is 0. The van der Waals surface area contributed by atoms with E-state index in [1.807, 2.05) is 140 Å². The molecule has 5 heteroatoms. The van der Waals surface area contributed by atoms with Gasteiger partial charge in [-0.05, 0) is 174 Å². The summed E-state index contributed by atoms with van der Waals surface area (Å²) in [6, 6.07) is 38.2. The van der Waals surface area contributed by atoms with Crippen molar-refractivity contribution >= 4 is 101 Å². The first-order chi connectivity index (χ1) is 56.7. The Bertz CT molecular complexity index is 6690. The minimum absolute atomic E-state index is 0.0137. The van der Waals surface area contributed by atoms with Crippen molar-refractivity contribution in [3.05, 3.63) is 307 Å². The summed E-state index contributed by atoms with van der Waals surface area (Å²) in [4.78, 5) is 4.02. The molecule has 17 rings (SSSR count). The van der Waals surface area contributed by atoms with Crippen LogP contribution in [0.1, 0.15) is 140 Å². The summed E-state index contributed by atoms with van der Waals surface area (Å²) in [6.45, 7) is 21.3. The van der Waals surface area contributed by atoms with Crippen molar-refractivity contribution in [2.45, 2.75) is 105 Å². The highest BCUT2D eigenvalue weighted by Gasteiger charge is 2.48. The summed E-state index contributed by atoms with van der Waals surface area (Å²) < 4.78 is 213. The van der Waals surface area contributed by atoms with Gasteiger partial charge in [-0.1, -0.05) is 276 Å². The van der Waals surface area contributed by atoms with E-state index >= 15 is 0 Å². The average Bonchev–Trinajstić information content (AvgIpc) is 0.889. The second-order valence-electron chi connectivity index (χ2n) is 29.2. The third-order valence-electron chi connectivity index (χ3n) is 20.0. The van der Waals surface area contributed by atoms with Gasteiger partial charge < -0.3 is 18.9 Å². The molecule has 0 fully saturated rings. The summed E-state index contributed by atoms with van der Waals surface area (Å²) in [6.07, 6.45) is 0.256. The van der Waals surface area contributed by atoms with Crippen molar-refractivity contribution in [2.75, 3.05) is 9.80 Å². The third kappa shape index (κ3) is 10.1. The quantitative estimate of drug-likeness (QED) is 0.127. The zero-order valence-electron chi connectivity index (χ0n) is 78.2. The van der Waals surface area contributed by atoms with Gasteiger partial charge in [0.15, 0.2) is 0 Å². The van der Waals surface area contributed by atoms with Crippen molar-refractivity contribution in [1.29, 1.82) is 0 Å². The van der Waals surface area contributed by atoms with Crippen LogP contribution in [-0.4, -0.2) is 15.8 Å². The van der Waals surface area contributed by atoms with Crippen LogP contribution in [0.3, 0.4) is 0 Å². The Morgan fingerprint density at radius 2 is 0.697 bits per heavy atom. The van der Waals surface area contributed by atoms with Gasteiger partial charge in [-0.3, -0.25) is 0 Å². The highest BCUT2D eigenvalue weighted by atomic mass is 15.2. The topological polar surface area (TPSA) is 16.3 Å². The molecule has 482 valence electrons. The lowest BCUT2D eigenvalue weighted by Crippen LogP contribution is -2.62. The van der Waals surface area contributed by atoms with Crippen LogP contribution in [0.15, 0.2) is 285 Å². The number of anilines is 6. The lowest BCUT2D eigenvalue weighted by Gasteiger charge is -2.47. The van der Waals surface area contributed by atoms with E-state index in [2.05, 4.69) is 104 Å². The Hall–Kier alpha value is -10.9. The summed E-state index contributed by atoms with van der Waals surface area (Å²) >= 11 is 0. The molecule has 0 aliphatic carbocycles. The maximum atomic E-state index is 12.0. The molecule has 13 aromatic carbocycles. The maximum Gasteiger partial charge on any atom is 0.252 e. The lowest BCUT2D eigenvalue weighted by atomic mass is 9.32. The lowest BCUT2D eigenvalue weighted by molar-refractivity contribution is 0.590. The van der Waals surface area contributed by atoms with Gasteiger partial charge in [0.05, 0.1) is 62.2 Å². The molecule has 0 saturated heterocycles. The van der Waals surface area contributed by atoms with E-state index in [1.54, 1.807) is 0 Å². The molecular formula is C94H83BN4. The number of benzene rings is 13. The Kier molecular flexibility index (Phi) is 10.1. The minimum Gasteiger partial charge on any atom is -0.310 e. The zero-order valence-corrected chi connectivity index (χ0v) is 57.2. The van der Waals surface area contributed by atoms with Crippen LogP contribution in [0.25, 0.3) is 99.5 Å². The molecule has 0 spiro atoms. The van der Waals surface area contributed by atoms with E-state index in [-0.39, 0.29) is 72.6 Å². The van der Waals surface area contributed by atoms with Crippen LogP contribution in [0.5, 0.6) is 0 Å². The Labute approximate surface area is 613 Å². The van der Waals surface area contributed by atoms with E-state index < -0.39 is 172 Å². The number of hydrogen-bond acceptors (Lipinski definition) is 2. The van der Waals surface area contributed by atoms with Crippen LogP contribution >= 0.6 is 0 Å². The molecule has 1 unspecified atom stereocenters. The first-order valence-electron chi connectivity index (χ1n) is 44.4. The molecule has 0 amide bonds. The molecule has 0 N–H and O–H groups in total. The van der Waals surface area contributed by atoms with Gasteiger partial charge in [-0.25, -0.2) is 0 Å². The molecule has 4 heterocycles. The van der Waals surface area contributed by atoms with Crippen LogP contribution in [0.2, 0.25) is 0 Å². The fraction of sp³-hybridized carbons (Fsp3) is 0.170. The number of rotatable bonds is 10. The second kappa shape index (κ2) is 23.4. The van der Waals surface area contributed by atoms with Crippen molar-refractivity contribution < 1.29 is 28.8 Å². The predicted octanol–water partition coefficient (Wildman–Crippen LogP) is 24.0. The molecular weight excluding hydrogens is 1200 g/mol. The summed E-state index contributed by atoms with van der Waals surface area (Å²) in [5, 5.41) is -1.20. The molecule has 2 aliphatic heterocycles. The van der Waals surface area contributed by atoms with Crippen molar-refractivity contribution in [3.63, 3.8) is 0 Å². The van der Waals surface area contributed by atoms with E-state index in [4.69, 9.17) is 2.74 Å². The molecule has 0 radical (unpaired) electrons. The van der Waals surface area contributed by atoms with Crippen LogP contribution in [0, 0.1) is 0 Å². The van der Waals surface area contributed by atoms with Crippen LogP contribution in [-0.2, 0) is 16.2 Å². The average molecular weight is 1300 g/mol. The van der Waals surface area contributed by atoms with Gasteiger partial charge in [0.2, 0.25) is 0 Å². The van der Waals surface area contributed by atoms with Gasteiger partial charge in [-0.2, -0.15) is 0 Å². The van der Waals surface area contributed by atoms with E-state index in [9.17, 15) is 26.0 Å². The van der Waals surface area contributed by atoms with E-state index in [0.29, 0.717) is 56.0 Å². The van der Waals surface area contributed by atoms with E-state index in [1.165, 1.54) is 4.57 Å². The van der Waals surface area contributed by atoms with Gasteiger partial charge in [0.1, 0.15) is 0 Å². The molecule has 2 aliphatic rings. The van der Waals surface area contributed by atoms with Crippen LogP contribution in [0.4, 0.5) is 34.1 Å². The standard InChI is InChI=1S/C94H83BN4/c1-12-60(2)74-57-69(97-82-47-31-27-43-72(82)73-44-28-32-48-83(73)97)59-87-88(74)95-79-50-49-68(96-80-45-29-25-41-70(80)71-42-26-30-46-81(71)96)58-84(79)98(90-75(61-33-17-13-18-34-61)51-65(92(3,4)5)52-76(90)62-35-19-14-20-36-62)85-55-67(94(9,10)11)56-86(89(85)95)99(87)91-77(63-37-21-15-22-38-63)53-66(93(6,7)8)54-78(91)64-39-23-16-24-40-64/h13-60H,12H2,1-11H3/i25D,26D,27D,28D,29D,30D,31D,32D,41D,42D,43D,44D,45D,46D,47D,48D,49D,50D,57D,58D,59D. The number of aromatic nitrogens is 2. The fourth-order valence-electron chi connectivity index (χ4n) is 14.7. The molecule has 99 heavy (non-hydrogen) atoms. The van der Waals surface area contributed by atoms with Crippen molar-refractivity contribution in [1.82, 2.24) is 9.13 Å². The molecule has 0 bridgehead atoms. The Morgan fingerprint density at radius 3 is 1.06 bits per heavy atom. The van der Waals surface area contributed by atoms with Gasteiger partial charge >= 0.3 is 0 Å². The second-order valence-corrected chi connectivity index (χ2v) is 29.2. The zero-order chi connectivity index (χ0) is 86.1. The molecule has 4 nitrogen and oxygen atoms in total. The molecule has 2 aromatic heterocycles. The van der Waals surface area contributed by atoms with Gasteiger partial charge in [-0.15, -0.1) is 0 Å². The minimum atomic E-state index is -1.45. The predicted molar refractivity (Wildman–Crippen MR) is 426 cm³/mol. The number of nitrogens with zero attached hydrogens (tertiary/aromatic N) is 4. The molecule has 15 aromatic rings. The maximum absolute atomic E-state index is 12.0. The SMILES string of the molecule is [2H]c1c([2H])c(-n2c3c([2H])c([2H])c([2H])c([2H])c3c3c([2H])c([2H])c([2H])c([2H])c32)c([2H])c2c1B1c3c(cc(C(C)(C)C)cc3N(c3c(-c4ccccc4)cc(C(C)(C)C)cc3-c3ccccc3)c3c([2H])c(-n4c5c([2H])c([2H])c([2H])c([2H])c5c5c([2H])c([2H])c([2H])c([2H])c54)c([2H])c(C(C)CC)c31)N2c1c(-c2ccccc2)cc(C(C)(C)C)cc1-c1ccccc1. The first kappa shape index (κ1) is 42.7. The Balaban J connectivity index is 1.20. The smallest absolute Gasteiger partial charge is 0.252 e. The number of para-hydroxylation sites is 4. The van der Waals surface area contributed by atoms with E-state index in [0.717, 1.165) is 37.9 Å². The largest absolute Gasteiger partial charge is 0.310 e. The van der Waals surface area contributed by atoms with Crippen molar-refractivity contribution in [2.24, 2.45) is 0 Å². The van der Waals surface area contributed by atoms with Gasteiger partial charge in [0, 0.05) is 77.9 Å². The molecule has 1 atom stereocenters. The highest BCUT2D eigenvalue weighted by molar-refractivity contribution is 7.00. The van der Waals surface area contributed by atoms with Gasteiger partial charge in [0.25, 0.3) is 6.71 Å². The Morgan fingerprint density at radius 1 is 0.364 bits per heavy atom. The fourth-order valence-corrected chi connectivity index (χ4v) is 14.7.